The van der Waals surface area contributed by atoms with E-state index in [0.717, 1.165) is 16.9 Å². The summed E-state index contributed by atoms with van der Waals surface area (Å²) in [7, 11) is -3.82. The summed E-state index contributed by atoms with van der Waals surface area (Å²) in [5.74, 6) is -0.569. The SMILES string of the molecule is O=C([C@@H](Cc1ccccc1)NS(=O)(=O)c1cccs1)N1CCN(c2ccccc2F)CC1. The summed E-state index contributed by atoms with van der Waals surface area (Å²) in [5.41, 5.74) is 1.38. The van der Waals surface area contributed by atoms with Crippen molar-refractivity contribution in [2.24, 2.45) is 0 Å². The van der Waals surface area contributed by atoms with Crippen molar-refractivity contribution in [2.45, 2.75) is 16.7 Å². The maximum atomic E-state index is 14.1. The smallest absolute Gasteiger partial charge is 0.250 e. The van der Waals surface area contributed by atoms with Gasteiger partial charge in [-0.15, -0.1) is 11.3 Å². The monoisotopic (exact) mass is 473 g/mol. The number of sulfonamides is 1. The number of carbonyl (C=O) groups excluding carboxylic acids is 1. The van der Waals surface area contributed by atoms with Crippen LogP contribution < -0.4 is 9.62 Å². The summed E-state index contributed by atoms with van der Waals surface area (Å²) < 4.78 is 42.6. The minimum atomic E-state index is -3.82. The molecule has 1 amide bonds. The summed E-state index contributed by atoms with van der Waals surface area (Å²) in [6, 6.07) is 18.2. The number of amides is 1. The molecule has 2 heterocycles. The van der Waals surface area contributed by atoms with E-state index in [1.165, 1.54) is 12.1 Å². The lowest BCUT2D eigenvalue weighted by Crippen LogP contribution is -2.55. The van der Waals surface area contributed by atoms with E-state index < -0.39 is 16.1 Å². The Morgan fingerprint density at radius 2 is 1.66 bits per heavy atom. The molecule has 1 atom stereocenters. The van der Waals surface area contributed by atoms with Gasteiger partial charge in [0.05, 0.1) is 5.69 Å². The van der Waals surface area contributed by atoms with Crippen LogP contribution in [0.5, 0.6) is 0 Å². The Labute approximate surface area is 191 Å². The van der Waals surface area contributed by atoms with Gasteiger partial charge in [-0.1, -0.05) is 48.5 Å². The van der Waals surface area contributed by atoms with Crippen molar-refractivity contribution in [3.8, 4) is 0 Å². The average Bonchev–Trinajstić information content (AvgIpc) is 3.36. The molecule has 0 saturated carbocycles. The highest BCUT2D eigenvalue weighted by atomic mass is 32.2. The molecular weight excluding hydrogens is 449 g/mol. The van der Waals surface area contributed by atoms with Gasteiger partial charge in [0.1, 0.15) is 16.1 Å². The summed E-state index contributed by atoms with van der Waals surface area (Å²) in [6.45, 7) is 1.73. The number of hydrogen-bond donors (Lipinski definition) is 1. The normalized spacial score (nSPS) is 15.5. The van der Waals surface area contributed by atoms with Crippen LogP contribution >= 0.6 is 11.3 Å². The molecule has 6 nitrogen and oxygen atoms in total. The van der Waals surface area contributed by atoms with E-state index in [9.17, 15) is 17.6 Å². The van der Waals surface area contributed by atoms with E-state index in [1.807, 2.05) is 35.2 Å². The number of carbonyl (C=O) groups is 1. The fraction of sp³-hybridized carbons (Fsp3) is 0.261. The largest absolute Gasteiger partial charge is 0.366 e. The maximum Gasteiger partial charge on any atom is 0.250 e. The lowest BCUT2D eigenvalue weighted by molar-refractivity contribution is -0.133. The van der Waals surface area contributed by atoms with Gasteiger partial charge in [0.2, 0.25) is 5.91 Å². The first-order valence-electron chi connectivity index (χ1n) is 10.3. The second-order valence-corrected chi connectivity index (χ2v) is 10.4. The van der Waals surface area contributed by atoms with Crippen LogP contribution in [0.15, 0.2) is 76.3 Å². The lowest BCUT2D eigenvalue weighted by atomic mass is 10.1. The van der Waals surface area contributed by atoms with Crippen molar-refractivity contribution >= 4 is 33.0 Å². The molecule has 0 unspecified atom stereocenters. The van der Waals surface area contributed by atoms with Crippen LogP contribution in [0.4, 0.5) is 10.1 Å². The van der Waals surface area contributed by atoms with Gasteiger partial charge in [-0.05, 0) is 35.6 Å². The van der Waals surface area contributed by atoms with Crippen molar-refractivity contribution in [1.82, 2.24) is 9.62 Å². The third-order valence-electron chi connectivity index (χ3n) is 5.42. The molecule has 1 aliphatic rings. The number of anilines is 1. The van der Waals surface area contributed by atoms with Gasteiger partial charge in [0.25, 0.3) is 10.0 Å². The third-order valence-corrected chi connectivity index (χ3v) is 8.29. The van der Waals surface area contributed by atoms with Crippen molar-refractivity contribution in [3.05, 3.63) is 83.5 Å². The van der Waals surface area contributed by atoms with Crippen LogP contribution in [0.2, 0.25) is 0 Å². The number of rotatable bonds is 7. The topological polar surface area (TPSA) is 69.7 Å². The fourth-order valence-corrected chi connectivity index (χ4v) is 5.99. The first-order valence-corrected chi connectivity index (χ1v) is 12.7. The Kier molecular flexibility index (Phi) is 6.88. The zero-order valence-corrected chi connectivity index (χ0v) is 19.0. The number of piperazine rings is 1. The fourth-order valence-electron chi connectivity index (χ4n) is 3.79. The molecule has 0 aliphatic carbocycles. The van der Waals surface area contributed by atoms with Gasteiger partial charge >= 0.3 is 0 Å². The molecule has 0 radical (unpaired) electrons. The molecule has 4 rings (SSSR count). The minimum Gasteiger partial charge on any atom is -0.366 e. The highest BCUT2D eigenvalue weighted by Crippen LogP contribution is 2.21. The number of nitrogens with zero attached hydrogens (tertiary/aromatic N) is 2. The molecule has 1 N–H and O–H groups in total. The first kappa shape index (κ1) is 22.4. The second-order valence-electron chi connectivity index (χ2n) is 7.56. The number of thiophene rings is 1. The number of halogens is 1. The van der Waals surface area contributed by atoms with Gasteiger partial charge in [0, 0.05) is 26.2 Å². The molecule has 1 aliphatic heterocycles. The number of nitrogens with one attached hydrogen (secondary N) is 1. The summed E-state index contributed by atoms with van der Waals surface area (Å²) in [4.78, 5) is 16.9. The van der Waals surface area contributed by atoms with Crippen molar-refractivity contribution in [2.75, 3.05) is 31.1 Å². The number of benzene rings is 2. The van der Waals surface area contributed by atoms with Crippen molar-refractivity contribution < 1.29 is 17.6 Å². The Hall–Kier alpha value is -2.75. The molecule has 9 heteroatoms. The Bertz CT molecular complexity index is 1150. The van der Waals surface area contributed by atoms with Crippen molar-refractivity contribution in [1.29, 1.82) is 0 Å². The number of hydrogen-bond acceptors (Lipinski definition) is 5. The quantitative estimate of drug-likeness (QED) is 0.573. The minimum absolute atomic E-state index is 0.174. The van der Waals surface area contributed by atoms with E-state index in [0.29, 0.717) is 31.9 Å². The van der Waals surface area contributed by atoms with Crippen LogP contribution in [0.25, 0.3) is 0 Å². The molecule has 3 aromatic rings. The van der Waals surface area contributed by atoms with Gasteiger partial charge in [-0.3, -0.25) is 4.79 Å². The Morgan fingerprint density at radius 1 is 0.969 bits per heavy atom. The van der Waals surface area contributed by atoms with E-state index in [4.69, 9.17) is 0 Å². The predicted molar refractivity (Wildman–Crippen MR) is 124 cm³/mol. The molecular formula is C23H24FN3O3S2. The Balaban J connectivity index is 1.49. The van der Waals surface area contributed by atoms with Crippen LogP contribution in [0.1, 0.15) is 5.56 Å². The van der Waals surface area contributed by atoms with Crippen molar-refractivity contribution in [3.63, 3.8) is 0 Å². The summed E-state index contributed by atoms with van der Waals surface area (Å²) in [5, 5.41) is 1.69. The van der Waals surface area contributed by atoms with Gasteiger partial charge in [-0.25, -0.2) is 12.8 Å². The van der Waals surface area contributed by atoms with Gasteiger partial charge in [-0.2, -0.15) is 4.72 Å². The molecule has 168 valence electrons. The zero-order chi connectivity index (χ0) is 22.6. The average molecular weight is 474 g/mol. The van der Waals surface area contributed by atoms with Gasteiger partial charge < -0.3 is 9.80 Å². The van der Waals surface area contributed by atoms with E-state index >= 15 is 0 Å². The summed E-state index contributed by atoms with van der Waals surface area (Å²) in [6.07, 6.45) is 0.248. The van der Waals surface area contributed by atoms with E-state index in [2.05, 4.69) is 4.72 Å². The highest BCUT2D eigenvalue weighted by molar-refractivity contribution is 7.91. The van der Waals surface area contributed by atoms with Crippen LogP contribution in [0, 0.1) is 5.82 Å². The van der Waals surface area contributed by atoms with Crippen LogP contribution in [0.3, 0.4) is 0 Å². The molecule has 1 fully saturated rings. The maximum absolute atomic E-state index is 14.1. The molecule has 0 spiro atoms. The lowest BCUT2D eigenvalue weighted by Gasteiger charge is -2.37. The predicted octanol–water partition coefficient (Wildman–Crippen LogP) is 3.13. The Morgan fingerprint density at radius 3 is 2.31 bits per heavy atom. The highest BCUT2D eigenvalue weighted by Gasteiger charge is 2.32. The molecule has 1 saturated heterocycles. The standard InChI is InChI=1S/C23H24FN3O3S2/c24-19-9-4-5-10-21(19)26-12-14-27(15-13-26)23(28)20(17-18-7-2-1-3-8-18)25-32(29,30)22-11-6-16-31-22/h1-11,16,20,25H,12-15,17H2/t20-/m1/s1. The second kappa shape index (κ2) is 9.81. The van der Waals surface area contributed by atoms with E-state index in [-0.39, 0.29) is 22.4 Å². The molecule has 1 aromatic heterocycles. The van der Waals surface area contributed by atoms with Crippen LogP contribution in [-0.2, 0) is 21.2 Å². The molecule has 0 bridgehead atoms. The van der Waals surface area contributed by atoms with Gasteiger partial charge in [0.15, 0.2) is 0 Å². The first-order chi connectivity index (χ1) is 15.4. The molecule has 2 aromatic carbocycles. The zero-order valence-electron chi connectivity index (χ0n) is 17.4. The summed E-state index contributed by atoms with van der Waals surface area (Å²) >= 11 is 1.11. The molecule has 32 heavy (non-hydrogen) atoms. The van der Waals surface area contributed by atoms with E-state index in [1.54, 1.807) is 34.5 Å². The van der Waals surface area contributed by atoms with Crippen LogP contribution in [-0.4, -0.2) is 51.4 Å². The number of para-hydroxylation sites is 1. The third kappa shape index (κ3) is 5.17.